The Morgan fingerprint density at radius 1 is 1.29 bits per heavy atom. The van der Waals surface area contributed by atoms with Crippen LogP contribution in [0.2, 0.25) is 5.02 Å². The van der Waals surface area contributed by atoms with E-state index in [9.17, 15) is 19.3 Å². The Kier molecular flexibility index (Phi) is 4.73. The van der Waals surface area contributed by atoms with Crippen molar-refractivity contribution in [2.75, 3.05) is 5.32 Å². The molecule has 108 valence electrons. The third-order valence-corrected chi connectivity index (χ3v) is 3.56. The molecule has 0 radical (unpaired) electrons. The van der Waals surface area contributed by atoms with Crippen LogP contribution in [0.4, 0.5) is 15.8 Å². The predicted octanol–water partition coefficient (Wildman–Crippen LogP) is 4.24. The smallest absolute Gasteiger partial charge is 0.285 e. The Balaban J connectivity index is 2.34. The van der Waals surface area contributed by atoms with Crippen LogP contribution in [0.15, 0.2) is 36.4 Å². The Labute approximate surface area is 137 Å². The molecule has 0 atom stereocenters. The fourth-order valence-electron chi connectivity index (χ4n) is 1.63. The van der Waals surface area contributed by atoms with E-state index in [1.165, 1.54) is 0 Å². The molecule has 5 nitrogen and oxygen atoms in total. The van der Waals surface area contributed by atoms with E-state index in [4.69, 9.17) is 11.6 Å². The Bertz CT molecular complexity index is 739. The van der Waals surface area contributed by atoms with E-state index in [1.54, 1.807) is 18.2 Å². The molecule has 2 aromatic carbocycles. The molecule has 1 amide bonds. The highest BCUT2D eigenvalue weighted by atomic mass is 127. The number of amides is 1. The first-order chi connectivity index (χ1) is 9.88. The Hall–Kier alpha value is -1.74. The van der Waals surface area contributed by atoms with Crippen molar-refractivity contribution in [2.24, 2.45) is 0 Å². The van der Waals surface area contributed by atoms with Gasteiger partial charge in [-0.25, -0.2) is 4.39 Å². The van der Waals surface area contributed by atoms with Gasteiger partial charge in [0.2, 0.25) is 0 Å². The molecule has 0 fully saturated rings. The van der Waals surface area contributed by atoms with E-state index in [2.05, 4.69) is 27.9 Å². The molecule has 0 aliphatic carbocycles. The van der Waals surface area contributed by atoms with Gasteiger partial charge in [-0.2, -0.15) is 0 Å². The van der Waals surface area contributed by atoms with Gasteiger partial charge in [0.05, 0.1) is 21.7 Å². The highest BCUT2D eigenvalue weighted by Crippen LogP contribution is 2.26. The first kappa shape index (κ1) is 15.6. The second kappa shape index (κ2) is 6.35. The number of rotatable bonds is 3. The number of anilines is 1. The fraction of sp³-hybridized carbons (Fsp3) is 0. The molecule has 8 heteroatoms. The summed E-state index contributed by atoms with van der Waals surface area (Å²) in [7, 11) is 0. The van der Waals surface area contributed by atoms with Gasteiger partial charge in [-0.15, -0.1) is 0 Å². The van der Waals surface area contributed by atoms with E-state index < -0.39 is 22.3 Å². The molecule has 0 bridgehead atoms. The highest BCUT2D eigenvalue weighted by Gasteiger charge is 2.21. The number of hydrogen-bond acceptors (Lipinski definition) is 3. The molecule has 0 aliphatic heterocycles. The quantitative estimate of drug-likeness (QED) is 0.458. The maximum atomic E-state index is 13.0. The summed E-state index contributed by atoms with van der Waals surface area (Å²) in [5.74, 6) is -1.52. The summed E-state index contributed by atoms with van der Waals surface area (Å²) in [5, 5.41) is 13.6. The normalized spacial score (nSPS) is 10.2. The van der Waals surface area contributed by atoms with E-state index in [-0.39, 0.29) is 5.56 Å². The second-order valence-corrected chi connectivity index (χ2v) is 5.65. The summed E-state index contributed by atoms with van der Waals surface area (Å²) >= 11 is 8.03. The van der Waals surface area contributed by atoms with Crippen LogP contribution in [0.5, 0.6) is 0 Å². The van der Waals surface area contributed by atoms with Crippen molar-refractivity contribution in [3.8, 4) is 0 Å². The fourth-order valence-corrected chi connectivity index (χ4v) is 2.53. The van der Waals surface area contributed by atoms with Crippen molar-refractivity contribution in [1.82, 2.24) is 0 Å². The topological polar surface area (TPSA) is 72.2 Å². The minimum absolute atomic E-state index is 0.240. The van der Waals surface area contributed by atoms with Crippen molar-refractivity contribution < 1.29 is 14.1 Å². The number of halogens is 3. The number of nitro groups is 1. The third kappa shape index (κ3) is 3.67. The number of carbonyl (C=O) groups is 1. The number of carbonyl (C=O) groups excluding carboxylic acids is 1. The van der Waals surface area contributed by atoms with Crippen LogP contribution >= 0.6 is 34.2 Å². The Morgan fingerprint density at radius 2 is 2.00 bits per heavy atom. The van der Waals surface area contributed by atoms with E-state index in [1.807, 2.05) is 0 Å². The van der Waals surface area contributed by atoms with Gasteiger partial charge in [-0.1, -0.05) is 11.6 Å². The van der Waals surface area contributed by atoms with E-state index in [0.29, 0.717) is 16.8 Å². The summed E-state index contributed by atoms with van der Waals surface area (Å²) in [6.45, 7) is 0. The molecule has 1 N–H and O–H groups in total. The van der Waals surface area contributed by atoms with Crippen molar-refractivity contribution in [3.63, 3.8) is 0 Å². The molecule has 0 heterocycles. The molecule has 0 aromatic heterocycles. The lowest BCUT2D eigenvalue weighted by Crippen LogP contribution is -2.14. The zero-order valence-electron chi connectivity index (χ0n) is 10.3. The third-order valence-electron chi connectivity index (χ3n) is 2.58. The monoisotopic (exact) mass is 420 g/mol. The van der Waals surface area contributed by atoms with Gasteiger partial charge in [0.25, 0.3) is 11.6 Å². The molecular weight excluding hydrogens is 414 g/mol. The lowest BCUT2D eigenvalue weighted by atomic mass is 10.1. The maximum absolute atomic E-state index is 13.0. The summed E-state index contributed by atoms with van der Waals surface area (Å²) in [4.78, 5) is 22.2. The number of nitro benzene ring substituents is 1. The van der Waals surface area contributed by atoms with Gasteiger partial charge < -0.3 is 5.32 Å². The average molecular weight is 421 g/mol. The maximum Gasteiger partial charge on any atom is 0.285 e. The van der Waals surface area contributed by atoms with Crippen LogP contribution in [0.3, 0.4) is 0 Å². The van der Waals surface area contributed by atoms with Gasteiger partial charge in [-0.05, 0) is 52.9 Å². The molecule has 0 unspecified atom stereocenters. The van der Waals surface area contributed by atoms with Gasteiger partial charge in [-0.3, -0.25) is 14.9 Å². The van der Waals surface area contributed by atoms with Gasteiger partial charge in [0.15, 0.2) is 0 Å². The summed E-state index contributed by atoms with van der Waals surface area (Å²) in [5.41, 5.74) is -0.522. The predicted molar refractivity (Wildman–Crippen MR) is 85.2 cm³/mol. The number of hydrogen-bond donors (Lipinski definition) is 1. The van der Waals surface area contributed by atoms with Gasteiger partial charge >= 0.3 is 0 Å². The minimum Gasteiger partial charge on any atom is -0.320 e. The summed E-state index contributed by atoms with van der Waals surface area (Å²) in [6.07, 6.45) is 0. The molecule has 2 aromatic rings. The largest absolute Gasteiger partial charge is 0.320 e. The first-order valence-electron chi connectivity index (χ1n) is 5.59. The van der Waals surface area contributed by atoms with Crippen molar-refractivity contribution in [1.29, 1.82) is 0 Å². The molecule has 0 aliphatic rings. The minimum atomic E-state index is -0.812. The van der Waals surface area contributed by atoms with Crippen LogP contribution in [0.25, 0.3) is 0 Å². The average Bonchev–Trinajstić information content (AvgIpc) is 2.41. The van der Waals surface area contributed by atoms with Crippen LogP contribution < -0.4 is 5.32 Å². The van der Waals surface area contributed by atoms with Crippen LogP contribution in [-0.4, -0.2) is 10.8 Å². The van der Waals surface area contributed by atoms with Gasteiger partial charge in [0.1, 0.15) is 11.4 Å². The second-order valence-electron chi connectivity index (χ2n) is 4.00. The van der Waals surface area contributed by atoms with Gasteiger partial charge in [0, 0.05) is 3.57 Å². The molecule has 0 saturated heterocycles. The molecule has 2 rings (SSSR count). The number of nitrogens with zero attached hydrogens (tertiary/aromatic N) is 1. The number of benzene rings is 2. The molecule has 0 saturated carbocycles. The van der Waals surface area contributed by atoms with Crippen molar-refractivity contribution in [2.45, 2.75) is 0 Å². The lowest BCUT2D eigenvalue weighted by molar-refractivity contribution is -0.385. The van der Waals surface area contributed by atoms with Crippen molar-refractivity contribution in [3.05, 3.63) is 66.5 Å². The van der Waals surface area contributed by atoms with E-state index in [0.717, 1.165) is 15.7 Å². The lowest BCUT2D eigenvalue weighted by Gasteiger charge is -2.08. The molecule has 21 heavy (non-hydrogen) atoms. The van der Waals surface area contributed by atoms with Crippen LogP contribution in [0.1, 0.15) is 10.4 Å². The van der Waals surface area contributed by atoms with E-state index >= 15 is 0 Å². The molecule has 0 spiro atoms. The van der Waals surface area contributed by atoms with Crippen LogP contribution in [-0.2, 0) is 0 Å². The highest BCUT2D eigenvalue weighted by molar-refractivity contribution is 14.1. The SMILES string of the molecule is O=C(Nc1ccc(I)cc1Cl)c1ccc(F)cc1[N+](=O)[O-]. The summed E-state index contributed by atoms with van der Waals surface area (Å²) < 4.78 is 13.9. The molecular formula is C13H7ClFIN2O3. The zero-order valence-corrected chi connectivity index (χ0v) is 13.2. The van der Waals surface area contributed by atoms with Crippen molar-refractivity contribution >= 4 is 51.5 Å². The standard InChI is InChI=1S/C13H7ClFIN2O3/c14-10-6-8(16)2-4-11(10)17-13(19)9-3-1-7(15)5-12(9)18(20)21/h1-6H,(H,17,19). The van der Waals surface area contributed by atoms with Crippen LogP contribution in [0, 0.1) is 19.5 Å². The zero-order chi connectivity index (χ0) is 15.6. The number of nitrogens with one attached hydrogen (secondary N) is 1. The summed E-state index contributed by atoms with van der Waals surface area (Å²) in [6, 6.07) is 7.68. The Morgan fingerprint density at radius 3 is 2.62 bits per heavy atom. The first-order valence-corrected chi connectivity index (χ1v) is 7.04.